The van der Waals surface area contributed by atoms with Gasteiger partial charge in [0.25, 0.3) is 5.91 Å². The molecule has 2 N–H and O–H groups in total. The third-order valence-electron chi connectivity index (χ3n) is 3.02. The van der Waals surface area contributed by atoms with Crippen LogP contribution in [-0.4, -0.2) is 24.2 Å². The van der Waals surface area contributed by atoms with Crippen LogP contribution in [0.4, 0.5) is 0 Å². The first-order valence-corrected chi connectivity index (χ1v) is 7.08. The molecule has 4 nitrogen and oxygen atoms in total. The molecule has 0 aromatic heterocycles. The van der Waals surface area contributed by atoms with Crippen LogP contribution in [0.25, 0.3) is 0 Å². The van der Waals surface area contributed by atoms with E-state index in [0.717, 1.165) is 12.0 Å². The third kappa shape index (κ3) is 5.61. The van der Waals surface area contributed by atoms with Gasteiger partial charge in [-0.25, -0.2) is 0 Å². The molecule has 0 unspecified atom stereocenters. The van der Waals surface area contributed by atoms with Crippen LogP contribution in [0.15, 0.2) is 18.2 Å². The lowest BCUT2D eigenvalue weighted by Gasteiger charge is -2.14. The number of aliphatic hydroxyl groups excluding tert-OH is 1. The molecule has 0 spiro atoms. The van der Waals surface area contributed by atoms with E-state index in [-0.39, 0.29) is 12.5 Å². The Balaban J connectivity index is 2.52. The fourth-order valence-electron chi connectivity index (χ4n) is 1.81. The zero-order valence-corrected chi connectivity index (χ0v) is 12.8. The van der Waals surface area contributed by atoms with E-state index in [1.165, 1.54) is 0 Å². The third-order valence-corrected chi connectivity index (χ3v) is 3.02. The highest BCUT2D eigenvalue weighted by Crippen LogP contribution is 2.26. The molecule has 1 rings (SSSR count). The van der Waals surface area contributed by atoms with Crippen molar-refractivity contribution in [2.24, 2.45) is 5.92 Å². The number of nitrogens with one attached hydrogen (secondary N) is 1. The van der Waals surface area contributed by atoms with Crippen LogP contribution < -0.4 is 10.1 Å². The van der Waals surface area contributed by atoms with E-state index in [2.05, 4.69) is 19.2 Å². The van der Waals surface area contributed by atoms with E-state index in [1.807, 2.05) is 25.1 Å². The molecule has 112 valence electrons. The van der Waals surface area contributed by atoms with Crippen molar-refractivity contribution in [3.05, 3.63) is 29.3 Å². The van der Waals surface area contributed by atoms with Crippen molar-refractivity contribution in [2.45, 2.75) is 40.2 Å². The number of amides is 1. The fourth-order valence-corrected chi connectivity index (χ4v) is 1.81. The first kappa shape index (κ1) is 16.5. The molecule has 0 aliphatic carbocycles. The van der Waals surface area contributed by atoms with Gasteiger partial charge in [-0.15, -0.1) is 0 Å². The number of hydrogen-bond acceptors (Lipinski definition) is 3. The molecule has 1 atom stereocenters. The van der Waals surface area contributed by atoms with Gasteiger partial charge in [0, 0.05) is 12.1 Å². The molecule has 0 saturated heterocycles. The lowest BCUT2D eigenvalue weighted by molar-refractivity contribution is -0.123. The monoisotopic (exact) mass is 279 g/mol. The highest BCUT2D eigenvalue weighted by molar-refractivity contribution is 5.77. The average molecular weight is 279 g/mol. The van der Waals surface area contributed by atoms with Gasteiger partial charge in [-0.05, 0) is 37.8 Å². The number of aliphatic hydroxyl groups is 1. The van der Waals surface area contributed by atoms with E-state index in [4.69, 9.17) is 4.74 Å². The number of carbonyl (C=O) groups is 1. The van der Waals surface area contributed by atoms with Crippen molar-refractivity contribution < 1.29 is 14.6 Å². The number of ether oxygens (including phenoxy) is 1. The predicted octanol–water partition coefficient (Wildman–Crippen LogP) is 2.59. The van der Waals surface area contributed by atoms with Crippen molar-refractivity contribution in [1.29, 1.82) is 0 Å². The first-order valence-electron chi connectivity index (χ1n) is 7.08. The van der Waals surface area contributed by atoms with Crippen molar-refractivity contribution in [1.82, 2.24) is 5.32 Å². The Morgan fingerprint density at radius 3 is 2.65 bits per heavy atom. The van der Waals surface area contributed by atoms with Crippen LogP contribution in [0, 0.1) is 12.8 Å². The topological polar surface area (TPSA) is 58.6 Å². The smallest absolute Gasteiger partial charge is 0.257 e. The van der Waals surface area contributed by atoms with Gasteiger partial charge in [0.15, 0.2) is 6.61 Å². The molecule has 1 amide bonds. The van der Waals surface area contributed by atoms with Gasteiger partial charge >= 0.3 is 0 Å². The molecular formula is C16H25NO3. The van der Waals surface area contributed by atoms with Crippen LogP contribution >= 0.6 is 0 Å². The summed E-state index contributed by atoms with van der Waals surface area (Å²) in [5, 5.41) is 12.5. The Labute approximate surface area is 121 Å². The largest absolute Gasteiger partial charge is 0.483 e. The summed E-state index contributed by atoms with van der Waals surface area (Å²) in [6, 6.07) is 5.58. The molecule has 0 aliphatic heterocycles. The predicted molar refractivity (Wildman–Crippen MR) is 79.8 cm³/mol. The average Bonchev–Trinajstić information content (AvgIpc) is 2.35. The van der Waals surface area contributed by atoms with E-state index in [9.17, 15) is 9.90 Å². The standard InChI is InChI=1S/C16H25NO3/c1-11(2)7-8-17-16(19)10-20-15-9-12(3)5-6-14(15)13(4)18/h5-6,9,11,13,18H,7-8,10H2,1-4H3,(H,17,19)/t13-/m1/s1. The summed E-state index contributed by atoms with van der Waals surface area (Å²) >= 11 is 0. The van der Waals surface area contributed by atoms with Gasteiger partial charge in [-0.3, -0.25) is 4.79 Å². The second kappa shape index (κ2) is 7.90. The van der Waals surface area contributed by atoms with Gasteiger partial charge in [0.1, 0.15) is 5.75 Å². The van der Waals surface area contributed by atoms with Gasteiger partial charge in [-0.2, -0.15) is 0 Å². The molecular weight excluding hydrogens is 254 g/mol. The Morgan fingerprint density at radius 1 is 1.35 bits per heavy atom. The number of hydrogen-bond donors (Lipinski definition) is 2. The van der Waals surface area contributed by atoms with Gasteiger partial charge < -0.3 is 15.2 Å². The lowest BCUT2D eigenvalue weighted by atomic mass is 10.1. The van der Waals surface area contributed by atoms with Gasteiger partial charge in [0.2, 0.25) is 0 Å². The Bertz CT molecular complexity index is 441. The summed E-state index contributed by atoms with van der Waals surface area (Å²) in [4.78, 5) is 11.7. The lowest BCUT2D eigenvalue weighted by Crippen LogP contribution is -2.30. The van der Waals surface area contributed by atoms with E-state index < -0.39 is 6.10 Å². The number of aryl methyl sites for hydroxylation is 1. The van der Waals surface area contributed by atoms with Crippen molar-refractivity contribution in [3.63, 3.8) is 0 Å². The maximum absolute atomic E-state index is 11.7. The fraction of sp³-hybridized carbons (Fsp3) is 0.562. The summed E-state index contributed by atoms with van der Waals surface area (Å²) < 4.78 is 5.53. The summed E-state index contributed by atoms with van der Waals surface area (Å²) in [6.07, 6.45) is 0.337. The summed E-state index contributed by atoms with van der Waals surface area (Å²) in [5.74, 6) is 0.998. The summed E-state index contributed by atoms with van der Waals surface area (Å²) in [6.45, 7) is 8.49. The summed E-state index contributed by atoms with van der Waals surface area (Å²) in [7, 11) is 0. The second-order valence-electron chi connectivity index (χ2n) is 5.54. The molecule has 1 aromatic carbocycles. The van der Waals surface area contributed by atoms with Crippen molar-refractivity contribution >= 4 is 5.91 Å². The molecule has 1 aromatic rings. The van der Waals surface area contributed by atoms with Crippen LogP contribution in [-0.2, 0) is 4.79 Å². The maximum atomic E-state index is 11.7. The molecule has 0 fully saturated rings. The maximum Gasteiger partial charge on any atom is 0.257 e. The normalized spacial score (nSPS) is 12.3. The molecule has 4 heteroatoms. The number of benzene rings is 1. The molecule has 0 aliphatic rings. The van der Waals surface area contributed by atoms with Crippen molar-refractivity contribution in [3.8, 4) is 5.75 Å². The highest BCUT2D eigenvalue weighted by Gasteiger charge is 2.11. The Kier molecular flexibility index (Phi) is 6.52. The first-order chi connectivity index (χ1) is 9.40. The Morgan fingerprint density at radius 2 is 2.05 bits per heavy atom. The zero-order chi connectivity index (χ0) is 15.1. The van der Waals surface area contributed by atoms with E-state index in [1.54, 1.807) is 6.92 Å². The van der Waals surface area contributed by atoms with E-state index in [0.29, 0.717) is 23.8 Å². The van der Waals surface area contributed by atoms with Crippen LogP contribution in [0.2, 0.25) is 0 Å². The molecule has 0 radical (unpaired) electrons. The molecule has 0 heterocycles. The van der Waals surface area contributed by atoms with E-state index >= 15 is 0 Å². The minimum absolute atomic E-state index is 0.0265. The molecule has 20 heavy (non-hydrogen) atoms. The minimum atomic E-state index is -0.616. The summed E-state index contributed by atoms with van der Waals surface area (Å²) in [5.41, 5.74) is 1.73. The van der Waals surface area contributed by atoms with Crippen LogP contribution in [0.5, 0.6) is 5.75 Å². The van der Waals surface area contributed by atoms with Crippen LogP contribution in [0.3, 0.4) is 0 Å². The highest BCUT2D eigenvalue weighted by atomic mass is 16.5. The molecule has 0 bridgehead atoms. The zero-order valence-electron chi connectivity index (χ0n) is 12.8. The van der Waals surface area contributed by atoms with Crippen molar-refractivity contribution in [2.75, 3.05) is 13.2 Å². The number of carbonyl (C=O) groups excluding carboxylic acids is 1. The Hall–Kier alpha value is -1.55. The second-order valence-corrected chi connectivity index (χ2v) is 5.54. The quantitative estimate of drug-likeness (QED) is 0.806. The number of rotatable bonds is 7. The van der Waals surface area contributed by atoms with Gasteiger partial charge in [0.05, 0.1) is 6.10 Å². The molecule has 0 saturated carbocycles. The van der Waals surface area contributed by atoms with Crippen LogP contribution in [0.1, 0.15) is 44.4 Å². The minimum Gasteiger partial charge on any atom is -0.483 e. The van der Waals surface area contributed by atoms with Gasteiger partial charge in [-0.1, -0.05) is 26.0 Å². The SMILES string of the molecule is Cc1ccc([C@@H](C)O)c(OCC(=O)NCCC(C)C)c1.